The number of hydrogen-bond donors (Lipinski definition) is 2. The van der Waals surface area contributed by atoms with Gasteiger partial charge in [-0.15, -0.1) is 0 Å². The number of anilines is 1. The number of Topliss-reactive ketones (excluding diaryl/α,β-unsaturated/α-hetero) is 1. The summed E-state index contributed by atoms with van der Waals surface area (Å²) in [6.45, 7) is 5.04. The van der Waals surface area contributed by atoms with Crippen LogP contribution in [0.1, 0.15) is 51.8 Å². The third kappa shape index (κ3) is 5.26. The first-order valence-electron chi connectivity index (χ1n) is 8.75. The second kappa shape index (κ2) is 8.94. The van der Waals surface area contributed by atoms with Gasteiger partial charge in [0.2, 0.25) is 17.6 Å². The van der Waals surface area contributed by atoms with Crippen LogP contribution in [0.25, 0.3) is 0 Å². The van der Waals surface area contributed by atoms with Gasteiger partial charge < -0.3 is 15.8 Å². The summed E-state index contributed by atoms with van der Waals surface area (Å²) in [6.07, 6.45) is -1.00. The minimum Gasteiger partial charge on any atom is -0.451 e. The molecule has 0 aliphatic rings. The highest BCUT2D eigenvalue weighted by atomic mass is 16.5. The van der Waals surface area contributed by atoms with Crippen molar-refractivity contribution in [2.75, 3.05) is 5.32 Å². The predicted octanol–water partition coefficient (Wildman–Crippen LogP) is 2.81. The van der Waals surface area contributed by atoms with E-state index in [9.17, 15) is 19.2 Å². The van der Waals surface area contributed by atoms with Crippen LogP contribution in [0.2, 0.25) is 0 Å². The van der Waals surface area contributed by atoms with Crippen molar-refractivity contribution in [2.45, 2.75) is 26.9 Å². The van der Waals surface area contributed by atoms with Crippen LogP contribution < -0.4 is 11.1 Å². The molecule has 0 fully saturated rings. The van der Waals surface area contributed by atoms with Crippen molar-refractivity contribution < 1.29 is 23.9 Å². The van der Waals surface area contributed by atoms with Crippen molar-refractivity contribution in [2.24, 2.45) is 11.7 Å². The number of carbonyl (C=O) groups is 4. The van der Waals surface area contributed by atoms with Gasteiger partial charge in [0.15, 0.2) is 6.10 Å². The third-order valence-corrected chi connectivity index (χ3v) is 4.02. The van der Waals surface area contributed by atoms with Crippen molar-refractivity contribution in [1.29, 1.82) is 0 Å². The van der Waals surface area contributed by atoms with E-state index in [4.69, 9.17) is 10.5 Å². The van der Waals surface area contributed by atoms with E-state index in [2.05, 4.69) is 5.32 Å². The smallest absolute Gasteiger partial charge is 0.338 e. The molecular weight excluding hydrogens is 360 g/mol. The third-order valence-electron chi connectivity index (χ3n) is 4.02. The van der Waals surface area contributed by atoms with Crippen molar-refractivity contribution >= 4 is 29.3 Å². The van der Waals surface area contributed by atoms with Crippen LogP contribution in [0.15, 0.2) is 48.5 Å². The SMILES string of the molecule is CC(C)C(=O)Nc1ccc(C(=O)[C@@H](C)OC(=O)c2ccc(C(N)=O)cc2)cc1. The molecule has 146 valence electrons. The van der Waals surface area contributed by atoms with Crippen LogP contribution in [-0.4, -0.2) is 29.7 Å². The molecule has 7 heteroatoms. The van der Waals surface area contributed by atoms with Gasteiger partial charge in [0.05, 0.1) is 5.56 Å². The molecule has 0 saturated heterocycles. The monoisotopic (exact) mass is 382 g/mol. The lowest BCUT2D eigenvalue weighted by Gasteiger charge is -2.13. The van der Waals surface area contributed by atoms with Crippen molar-refractivity contribution in [3.63, 3.8) is 0 Å². The Morgan fingerprint density at radius 3 is 1.82 bits per heavy atom. The summed E-state index contributed by atoms with van der Waals surface area (Å²) >= 11 is 0. The van der Waals surface area contributed by atoms with E-state index < -0.39 is 18.0 Å². The number of esters is 1. The van der Waals surface area contributed by atoms with Gasteiger partial charge >= 0.3 is 5.97 Å². The molecule has 0 heterocycles. The molecule has 0 radical (unpaired) electrons. The molecule has 0 bridgehead atoms. The van der Waals surface area contributed by atoms with Crippen molar-refractivity contribution in [1.82, 2.24) is 0 Å². The number of nitrogens with one attached hydrogen (secondary N) is 1. The Kier molecular flexibility index (Phi) is 6.65. The summed E-state index contributed by atoms with van der Waals surface area (Å²) in [5, 5.41) is 2.73. The number of carbonyl (C=O) groups excluding carboxylic acids is 4. The van der Waals surface area contributed by atoms with Gasteiger partial charge in [-0.2, -0.15) is 0 Å². The molecule has 0 aliphatic carbocycles. The average molecular weight is 382 g/mol. The van der Waals surface area contributed by atoms with E-state index in [-0.39, 0.29) is 28.7 Å². The predicted molar refractivity (Wildman–Crippen MR) is 104 cm³/mol. The van der Waals surface area contributed by atoms with E-state index in [0.29, 0.717) is 11.3 Å². The maximum Gasteiger partial charge on any atom is 0.338 e. The molecule has 0 saturated carbocycles. The Morgan fingerprint density at radius 1 is 0.821 bits per heavy atom. The summed E-state index contributed by atoms with van der Waals surface area (Å²) in [4.78, 5) is 47.4. The van der Waals surface area contributed by atoms with Gasteiger partial charge in [0.1, 0.15) is 0 Å². The minimum absolute atomic E-state index is 0.122. The standard InChI is InChI=1S/C21H22N2O5/c1-12(2)20(26)23-17-10-8-14(9-11-17)18(24)13(3)28-21(27)16-6-4-15(5-7-16)19(22)25/h4-13H,1-3H3,(H2,22,25)(H,23,26)/t13-/m1/s1. The zero-order valence-corrected chi connectivity index (χ0v) is 15.9. The van der Waals surface area contributed by atoms with Crippen LogP contribution in [0, 0.1) is 5.92 Å². The molecule has 3 N–H and O–H groups in total. The number of amides is 2. The molecule has 1 atom stereocenters. The van der Waals surface area contributed by atoms with E-state index in [1.54, 1.807) is 38.1 Å². The Morgan fingerprint density at radius 2 is 1.32 bits per heavy atom. The number of primary amides is 1. The maximum atomic E-state index is 12.5. The second-order valence-corrected chi connectivity index (χ2v) is 6.57. The lowest BCUT2D eigenvalue weighted by atomic mass is 10.1. The first-order valence-corrected chi connectivity index (χ1v) is 8.75. The number of ether oxygens (including phenoxy) is 1. The molecule has 2 aromatic carbocycles. The molecule has 0 aliphatic heterocycles. The highest BCUT2D eigenvalue weighted by molar-refractivity contribution is 6.02. The fourth-order valence-electron chi connectivity index (χ4n) is 2.29. The molecule has 7 nitrogen and oxygen atoms in total. The Balaban J connectivity index is 2.00. The maximum absolute atomic E-state index is 12.5. The zero-order valence-electron chi connectivity index (χ0n) is 15.9. The summed E-state index contributed by atoms with van der Waals surface area (Å²) in [5.74, 6) is -1.93. The zero-order chi connectivity index (χ0) is 20.8. The quantitative estimate of drug-likeness (QED) is 0.564. The topological polar surface area (TPSA) is 116 Å². The summed E-state index contributed by atoms with van der Waals surface area (Å²) in [6, 6.07) is 12.0. The first kappa shape index (κ1) is 20.8. The van der Waals surface area contributed by atoms with Gasteiger partial charge in [0, 0.05) is 22.7 Å². The molecular formula is C21H22N2O5. The van der Waals surface area contributed by atoms with E-state index in [1.807, 2.05) is 0 Å². The van der Waals surface area contributed by atoms with Crippen molar-refractivity contribution in [3.05, 3.63) is 65.2 Å². The van der Waals surface area contributed by atoms with Gasteiger partial charge in [-0.25, -0.2) is 4.79 Å². The molecule has 0 unspecified atom stereocenters. The number of hydrogen-bond acceptors (Lipinski definition) is 5. The summed E-state index contributed by atoms with van der Waals surface area (Å²) in [7, 11) is 0. The molecule has 2 rings (SSSR count). The van der Waals surface area contributed by atoms with Crippen LogP contribution in [0.3, 0.4) is 0 Å². The Hall–Kier alpha value is -3.48. The number of benzene rings is 2. The average Bonchev–Trinajstić information content (AvgIpc) is 2.67. The van der Waals surface area contributed by atoms with E-state index in [0.717, 1.165) is 0 Å². The van der Waals surface area contributed by atoms with Gasteiger partial charge in [-0.3, -0.25) is 14.4 Å². The van der Waals surface area contributed by atoms with Crippen LogP contribution in [0.5, 0.6) is 0 Å². The molecule has 2 aromatic rings. The van der Waals surface area contributed by atoms with E-state index >= 15 is 0 Å². The molecule has 2 amide bonds. The highest BCUT2D eigenvalue weighted by Crippen LogP contribution is 2.15. The minimum atomic E-state index is -1.00. The highest BCUT2D eigenvalue weighted by Gasteiger charge is 2.20. The lowest BCUT2D eigenvalue weighted by Crippen LogP contribution is -2.24. The molecule has 28 heavy (non-hydrogen) atoms. The fraction of sp³-hybridized carbons (Fsp3) is 0.238. The lowest BCUT2D eigenvalue weighted by molar-refractivity contribution is -0.118. The van der Waals surface area contributed by atoms with Gasteiger partial charge in [-0.05, 0) is 55.5 Å². The van der Waals surface area contributed by atoms with Crippen LogP contribution in [0.4, 0.5) is 5.69 Å². The molecule has 0 aromatic heterocycles. The fourth-order valence-corrected chi connectivity index (χ4v) is 2.29. The molecule has 0 spiro atoms. The van der Waals surface area contributed by atoms with E-state index in [1.165, 1.54) is 31.2 Å². The Bertz CT molecular complexity index is 886. The van der Waals surface area contributed by atoms with Gasteiger partial charge in [0.25, 0.3) is 0 Å². The van der Waals surface area contributed by atoms with Crippen molar-refractivity contribution in [3.8, 4) is 0 Å². The Labute approximate surface area is 162 Å². The first-order chi connectivity index (χ1) is 13.2. The number of nitrogens with two attached hydrogens (primary N) is 1. The number of ketones is 1. The number of rotatable bonds is 7. The normalized spacial score (nSPS) is 11.6. The van der Waals surface area contributed by atoms with Crippen LogP contribution in [-0.2, 0) is 9.53 Å². The van der Waals surface area contributed by atoms with Gasteiger partial charge in [-0.1, -0.05) is 13.8 Å². The summed E-state index contributed by atoms with van der Waals surface area (Å²) < 4.78 is 5.20. The largest absolute Gasteiger partial charge is 0.451 e. The summed E-state index contributed by atoms with van der Waals surface area (Å²) in [5.41, 5.74) is 6.56. The second-order valence-electron chi connectivity index (χ2n) is 6.57. The van der Waals surface area contributed by atoms with Crippen LogP contribution >= 0.6 is 0 Å².